The van der Waals surface area contributed by atoms with Gasteiger partial charge in [0.1, 0.15) is 0 Å². The van der Waals surface area contributed by atoms with Gasteiger partial charge >= 0.3 is 0 Å². The van der Waals surface area contributed by atoms with Gasteiger partial charge in [0.05, 0.1) is 6.61 Å². The van der Waals surface area contributed by atoms with Gasteiger partial charge in [-0.25, -0.2) is 5.48 Å². The summed E-state index contributed by atoms with van der Waals surface area (Å²) in [5.41, 5.74) is 2.88. The molecule has 0 aliphatic carbocycles. The Morgan fingerprint density at radius 2 is 2.11 bits per heavy atom. The smallest absolute Gasteiger partial charge is 0.0682 e. The minimum Gasteiger partial charge on any atom is -0.302 e. The van der Waals surface area contributed by atoms with Gasteiger partial charge in [-0.3, -0.25) is 0 Å². The highest BCUT2D eigenvalue weighted by Crippen LogP contribution is 1.85. The van der Waals surface area contributed by atoms with Gasteiger partial charge in [-0.2, -0.15) is 0 Å². The van der Waals surface area contributed by atoms with Crippen LogP contribution in [0.4, 0.5) is 0 Å². The third-order valence-corrected chi connectivity index (χ3v) is 0.919. The van der Waals surface area contributed by atoms with E-state index < -0.39 is 0 Å². The van der Waals surface area contributed by atoms with Gasteiger partial charge in [0, 0.05) is 6.04 Å². The second-order valence-electron chi connectivity index (χ2n) is 2.47. The third-order valence-electron chi connectivity index (χ3n) is 0.919. The largest absolute Gasteiger partial charge is 0.302 e. The van der Waals surface area contributed by atoms with Crippen LogP contribution in [0.15, 0.2) is 0 Å². The summed E-state index contributed by atoms with van der Waals surface area (Å²) in [6.45, 7) is 7.10. The van der Waals surface area contributed by atoms with E-state index in [2.05, 4.69) is 26.3 Å². The Balaban J connectivity index is 2.75. The molecule has 0 saturated carbocycles. The van der Waals surface area contributed by atoms with E-state index in [0.29, 0.717) is 6.04 Å². The maximum atomic E-state index is 5.09. The van der Waals surface area contributed by atoms with Crippen molar-refractivity contribution in [2.75, 3.05) is 6.61 Å². The molecule has 0 fully saturated rings. The summed E-state index contributed by atoms with van der Waals surface area (Å²) in [6.07, 6.45) is 2.33. The topological polar surface area (TPSA) is 21.3 Å². The zero-order valence-corrected chi connectivity index (χ0v) is 6.61. The van der Waals surface area contributed by atoms with Crippen molar-refractivity contribution in [3.05, 3.63) is 0 Å². The first kappa shape index (κ1) is 8.92. The van der Waals surface area contributed by atoms with Crippen LogP contribution >= 0.6 is 0 Å². The average Bonchev–Trinajstić information content (AvgIpc) is 1.80. The molecule has 0 aliphatic rings. The Morgan fingerprint density at radius 1 is 1.44 bits per heavy atom. The zero-order chi connectivity index (χ0) is 7.11. The fourth-order valence-corrected chi connectivity index (χ4v) is 0.442. The predicted molar refractivity (Wildman–Crippen MR) is 39.1 cm³/mol. The molecule has 0 aromatic heterocycles. The highest BCUT2D eigenvalue weighted by molar-refractivity contribution is 4.39. The molecule has 0 spiro atoms. The minimum absolute atomic E-state index is 0.432. The normalized spacial score (nSPS) is 10.7. The zero-order valence-electron chi connectivity index (χ0n) is 6.61. The van der Waals surface area contributed by atoms with Crippen LogP contribution in [-0.4, -0.2) is 12.6 Å². The van der Waals surface area contributed by atoms with Crippen LogP contribution in [0.25, 0.3) is 0 Å². The first-order valence-electron chi connectivity index (χ1n) is 3.64. The van der Waals surface area contributed by atoms with Gasteiger partial charge in [0.15, 0.2) is 0 Å². The summed E-state index contributed by atoms with van der Waals surface area (Å²) >= 11 is 0. The summed E-state index contributed by atoms with van der Waals surface area (Å²) < 4.78 is 0. The first-order chi connectivity index (χ1) is 4.27. The molecule has 0 aliphatic heterocycles. The molecule has 0 unspecified atom stereocenters. The Bertz CT molecular complexity index is 54.9. The minimum atomic E-state index is 0.432. The number of unbranched alkanes of at least 4 members (excludes halogenated alkanes) is 1. The molecular formula is C7H17NO. The van der Waals surface area contributed by atoms with Gasteiger partial charge in [-0.15, -0.1) is 0 Å². The second-order valence-corrected chi connectivity index (χ2v) is 2.47. The predicted octanol–water partition coefficient (Wildman–Crippen LogP) is 1.72. The molecule has 2 heteroatoms. The second kappa shape index (κ2) is 6.05. The Kier molecular flexibility index (Phi) is 5.99. The van der Waals surface area contributed by atoms with Crippen molar-refractivity contribution in [1.29, 1.82) is 0 Å². The lowest BCUT2D eigenvalue weighted by atomic mass is 10.4. The van der Waals surface area contributed by atoms with Crippen molar-refractivity contribution in [2.45, 2.75) is 39.7 Å². The summed E-state index contributed by atoms with van der Waals surface area (Å²) in [7, 11) is 0. The molecule has 0 aromatic carbocycles. The molecule has 0 amide bonds. The van der Waals surface area contributed by atoms with Crippen molar-refractivity contribution in [3.63, 3.8) is 0 Å². The highest BCUT2D eigenvalue weighted by atomic mass is 16.6. The Labute approximate surface area is 57.5 Å². The van der Waals surface area contributed by atoms with Crippen molar-refractivity contribution >= 4 is 0 Å². The number of rotatable bonds is 5. The van der Waals surface area contributed by atoms with Gasteiger partial charge in [0.2, 0.25) is 0 Å². The Morgan fingerprint density at radius 3 is 2.56 bits per heavy atom. The fourth-order valence-electron chi connectivity index (χ4n) is 0.442. The number of nitrogens with one attached hydrogen (secondary N) is 1. The molecule has 2 nitrogen and oxygen atoms in total. The van der Waals surface area contributed by atoms with Crippen LogP contribution in [-0.2, 0) is 4.84 Å². The van der Waals surface area contributed by atoms with E-state index >= 15 is 0 Å². The SMILES string of the molecule is CCCCONC(C)C. The lowest BCUT2D eigenvalue weighted by molar-refractivity contribution is 0.0224. The van der Waals surface area contributed by atoms with E-state index in [0.717, 1.165) is 13.0 Å². The summed E-state index contributed by atoms with van der Waals surface area (Å²) in [5.74, 6) is 0. The molecule has 0 radical (unpaired) electrons. The molecule has 0 saturated heterocycles. The molecule has 0 atom stereocenters. The van der Waals surface area contributed by atoms with Crippen molar-refractivity contribution in [2.24, 2.45) is 0 Å². The fraction of sp³-hybridized carbons (Fsp3) is 1.00. The van der Waals surface area contributed by atoms with Crippen molar-refractivity contribution in [3.8, 4) is 0 Å². The van der Waals surface area contributed by atoms with Gasteiger partial charge < -0.3 is 4.84 Å². The Hall–Kier alpha value is -0.0800. The van der Waals surface area contributed by atoms with Crippen molar-refractivity contribution < 1.29 is 4.84 Å². The van der Waals surface area contributed by atoms with Crippen LogP contribution in [0.2, 0.25) is 0 Å². The molecule has 0 aromatic rings. The number of hydrogen-bond donors (Lipinski definition) is 1. The van der Waals surface area contributed by atoms with Crippen LogP contribution in [0.3, 0.4) is 0 Å². The van der Waals surface area contributed by atoms with Gasteiger partial charge in [-0.1, -0.05) is 13.3 Å². The quantitative estimate of drug-likeness (QED) is 0.453. The highest BCUT2D eigenvalue weighted by Gasteiger charge is 1.89. The van der Waals surface area contributed by atoms with E-state index in [4.69, 9.17) is 4.84 Å². The van der Waals surface area contributed by atoms with Crippen LogP contribution in [0, 0.1) is 0 Å². The molecule has 9 heavy (non-hydrogen) atoms. The standard InChI is InChI=1S/C7H17NO/c1-4-5-6-9-8-7(2)3/h7-8H,4-6H2,1-3H3. The summed E-state index contributed by atoms with van der Waals surface area (Å²) in [6, 6.07) is 0.432. The van der Waals surface area contributed by atoms with Gasteiger partial charge in [0.25, 0.3) is 0 Å². The van der Waals surface area contributed by atoms with E-state index in [1.165, 1.54) is 6.42 Å². The van der Waals surface area contributed by atoms with E-state index in [9.17, 15) is 0 Å². The van der Waals surface area contributed by atoms with E-state index in [1.807, 2.05) is 0 Å². The maximum absolute atomic E-state index is 5.09. The third kappa shape index (κ3) is 7.92. The first-order valence-corrected chi connectivity index (χ1v) is 3.64. The van der Waals surface area contributed by atoms with Crippen LogP contribution < -0.4 is 5.48 Å². The molecule has 0 bridgehead atoms. The van der Waals surface area contributed by atoms with E-state index in [-0.39, 0.29) is 0 Å². The molecule has 0 heterocycles. The van der Waals surface area contributed by atoms with Crippen molar-refractivity contribution in [1.82, 2.24) is 5.48 Å². The van der Waals surface area contributed by atoms with E-state index in [1.54, 1.807) is 0 Å². The molecule has 0 rings (SSSR count). The lowest BCUT2D eigenvalue weighted by Gasteiger charge is -2.06. The van der Waals surface area contributed by atoms with Crippen LogP contribution in [0.5, 0.6) is 0 Å². The molecule has 56 valence electrons. The lowest BCUT2D eigenvalue weighted by Crippen LogP contribution is -2.23. The van der Waals surface area contributed by atoms with Gasteiger partial charge in [-0.05, 0) is 20.3 Å². The average molecular weight is 131 g/mol. The molecule has 1 N–H and O–H groups in total. The van der Waals surface area contributed by atoms with Crippen LogP contribution in [0.1, 0.15) is 33.6 Å². The molecular weight excluding hydrogens is 114 g/mol. The number of hydroxylamine groups is 1. The summed E-state index contributed by atoms with van der Waals surface area (Å²) in [4.78, 5) is 5.09. The summed E-state index contributed by atoms with van der Waals surface area (Å²) in [5, 5.41) is 0. The number of hydrogen-bond acceptors (Lipinski definition) is 2. The monoisotopic (exact) mass is 131 g/mol. The maximum Gasteiger partial charge on any atom is 0.0682 e.